The van der Waals surface area contributed by atoms with Crippen LogP contribution in [0, 0.1) is 5.92 Å². The van der Waals surface area contributed by atoms with Gasteiger partial charge in [-0.3, -0.25) is 9.59 Å². The lowest BCUT2D eigenvalue weighted by atomic mass is 9.84. The molecule has 6 nitrogen and oxygen atoms in total. The predicted octanol–water partition coefficient (Wildman–Crippen LogP) is 1.31. The zero-order chi connectivity index (χ0) is 18.6. The van der Waals surface area contributed by atoms with E-state index in [-0.39, 0.29) is 12.3 Å². The van der Waals surface area contributed by atoms with E-state index in [1.807, 2.05) is 0 Å². The summed E-state index contributed by atoms with van der Waals surface area (Å²) in [6.45, 7) is -1.65. The second-order valence-electron chi connectivity index (χ2n) is 6.15. The van der Waals surface area contributed by atoms with Crippen LogP contribution in [0.1, 0.15) is 24.4 Å². The Balaban J connectivity index is 2.21. The molecule has 1 saturated heterocycles. The topological polar surface area (TPSA) is 84.7 Å². The van der Waals surface area contributed by atoms with Gasteiger partial charge in [-0.05, 0) is 24.1 Å². The molecule has 0 radical (unpaired) electrons. The third-order valence-electron chi connectivity index (χ3n) is 4.47. The number of hydrogen-bond acceptors (Lipinski definition) is 4. The van der Waals surface area contributed by atoms with E-state index in [1.165, 1.54) is 4.90 Å². The number of nitrogens with zero attached hydrogens (tertiary/aromatic N) is 1. The fourth-order valence-electron chi connectivity index (χ4n) is 2.99. The van der Waals surface area contributed by atoms with Gasteiger partial charge in [0.2, 0.25) is 11.8 Å². The van der Waals surface area contributed by atoms with Gasteiger partial charge in [0.05, 0.1) is 32.2 Å². The number of hydrogen-bond donors (Lipinski definition) is 2. The maximum absolute atomic E-state index is 13.3. The van der Waals surface area contributed by atoms with Crippen LogP contribution >= 0.6 is 0 Å². The smallest absolute Gasteiger partial charge is 0.277 e. The SMILES string of the molecule is COc1ccc(C2C(C(=O)NCC(F)(F)CN)CCC(=O)N2C)cc1. The average molecular weight is 355 g/mol. The second kappa shape index (κ2) is 7.77. The molecule has 25 heavy (non-hydrogen) atoms. The fraction of sp³-hybridized carbons (Fsp3) is 0.529. The first-order valence-electron chi connectivity index (χ1n) is 8.04. The number of likely N-dealkylation sites (tertiary alicyclic amines) is 1. The van der Waals surface area contributed by atoms with Gasteiger partial charge in [0.25, 0.3) is 5.92 Å². The molecule has 0 saturated carbocycles. The Morgan fingerprint density at radius 2 is 2.04 bits per heavy atom. The summed E-state index contributed by atoms with van der Waals surface area (Å²) in [6.07, 6.45) is 0.508. The van der Waals surface area contributed by atoms with Crippen molar-refractivity contribution in [2.24, 2.45) is 11.7 Å². The van der Waals surface area contributed by atoms with Crippen molar-refractivity contribution in [1.82, 2.24) is 10.2 Å². The molecule has 1 aliphatic rings. The van der Waals surface area contributed by atoms with E-state index >= 15 is 0 Å². The van der Waals surface area contributed by atoms with Crippen molar-refractivity contribution in [3.8, 4) is 5.75 Å². The number of benzene rings is 1. The Morgan fingerprint density at radius 1 is 1.40 bits per heavy atom. The standard InChI is InChI=1S/C17H23F2N3O3/c1-22-14(23)8-7-13(16(24)21-10-17(18,19)9-20)15(22)11-3-5-12(25-2)6-4-11/h3-6,13,15H,7-10,20H2,1-2H3,(H,21,24). The highest BCUT2D eigenvalue weighted by Crippen LogP contribution is 2.36. The second-order valence-corrected chi connectivity index (χ2v) is 6.15. The highest BCUT2D eigenvalue weighted by atomic mass is 19.3. The third-order valence-corrected chi connectivity index (χ3v) is 4.47. The summed E-state index contributed by atoms with van der Waals surface area (Å²) in [4.78, 5) is 26.0. The number of carbonyl (C=O) groups is 2. The zero-order valence-electron chi connectivity index (χ0n) is 14.3. The summed E-state index contributed by atoms with van der Waals surface area (Å²) in [7, 11) is 3.16. The first-order chi connectivity index (χ1) is 11.8. The lowest BCUT2D eigenvalue weighted by Gasteiger charge is -2.38. The zero-order valence-corrected chi connectivity index (χ0v) is 14.3. The van der Waals surface area contributed by atoms with Gasteiger partial charge >= 0.3 is 0 Å². The molecule has 1 heterocycles. The van der Waals surface area contributed by atoms with Crippen molar-refractivity contribution < 1.29 is 23.1 Å². The van der Waals surface area contributed by atoms with Gasteiger partial charge in [-0.1, -0.05) is 12.1 Å². The Morgan fingerprint density at radius 3 is 2.60 bits per heavy atom. The van der Waals surface area contributed by atoms with Crippen LogP contribution in [0.2, 0.25) is 0 Å². The summed E-state index contributed by atoms with van der Waals surface area (Å²) in [6, 6.07) is 6.50. The Kier molecular flexibility index (Phi) is 5.94. The molecule has 1 aliphatic heterocycles. The highest BCUT2D eigenvalue weighted by molar-refractivity contribution is 5.85. The molecule has 2 amide bonds. The number of carbonyl (C=O) groups excluding carboxylic acids is 2. The van der Waals surface area contributed by atoms with Gasteiger partial charge in [-0.2, -0.15) is 0 Å². The summed E-state index contributed by atoms with van der Waals surface area (Å²) in [5, 5.41) is 2.27. The number of alkyl halides is 2. The van der Waals surface area contributed by atoms with Crippen LogP contribution in [0.4, 0.5) is 8.78 Å². The first-order valence-corrected chi connectivity index (χ1v) is 8.04. The minimum Gasteiger partial charge on any atom is -0.497 e. The van der Waals surface area contributed by atoms with Gasteiger partial charge in [0.1, 0.15) is 5.75 Å². The van der Waals surface area contributed by atoms with Crippen molar-refractivity contribution in [2.75, 3.05) is 27.2 Å². The highest BCUT2D eigenvalue weighted by Gasteiger charge is 2.39. The van der Waals surface area contributed by atoms with Crippen molar-refractivity contribution >= 4 is 11.8 Å². The van der Waals surface area contributed by atoms with E-state index in [4.69, 9.17) is 10.5 Å². The van der Waals surface area contributed by atoms with Crippen molar-refractivity contribution in [3.05, 3.63) is 29.8 Å². The summed E-state index contributed by atoms with van der Waals surface area (Å²) < 4.78 is 31.7. The van der Waals surface area contributed by atoms with Gasteiger partial charge in [0, 0.05) is 13.5 Å². The predicted molar refractivity (Wildman–Crippen MR) is 88.2 cm³/mol. The normalized spacial score (nSPS) is 21.2. The van der Waals surface area contributed by atoms with E-state index in [2.05, 4.69) is 5.32 Å². The van der Waals surface area contributed by atoms with Crippen LogP contribution in [0.5, 0.6) is 5.75 Å². The lowest BCUT2D eigenvalue weighted by molar-refractivity contribution is -0.142. The van der Waals surface area contributed by atoms with Crippen LogP contribution in [0.3, 0.4) is 0 Å². The minimum absolute atomic E-state index is 0.0860. The molecule has 0 bridgehead atoms. The molecule has 0 spiro atoms. The molecule has 1 aromatic rings. The van der Waals surface area contributed by atoms with E-state index < -0.39 is 36.9 Å². The number of nitrogens with two attached hydrogens (primary N) is 1. The lowest BCUT2D eigenvalue weighted by Crippen LogP contribution is -2.49. The molecular weight excluding hydrogens is 332 g/mol. The van der Waals surface area contributed by atoms with Crippen LogP contribution in [-0.2, 0) is 9.59 Å². The molecule has 8 heteroatoms. The average Bonchev–Trinajstić information content (AvgIpc) is 2.62. The quantitative estimate of drug-likeness (QED) is 0.806. The van der Waals surface area contributed by atoms with Crippen molar-refractivity contribution in [1.29, 1.82) is 0 Å². The Labute approximate surface area is 145 Å². The number of piperidine rings is 1. The fourth-order valence-corrected chi connectivity index (χ4v) is 2.99. The number of rotatable bonds is 6. The van der Waals surface area contributed by atoms with Crippen molar-refractivity contribution in [3.63, 3.8) is 0 Å². The first kappa shape index (κ1) is 19.1. The molecule has 0 aromatic heterocycles. The van der Waals surface area contributed by atoms with Gasteiger partial charge < -0.3 is 20.7 Å². The third kappa shape index (κ3) is 4.45. The molecule has 1 aromatic carbocycles. The number of amides is 2. The van der Waals surface area contributed by atoms with E-state index in [1.54, 1.807) is 38.4 Å². The molecule has 0 aliphatic carbocycles. The maximum Gasteiger partial charge on any atom is 0.277 e. The number of methoxy groups -OCH3 is 1. The molecule has 138 valence electrons. The van der Waals surface area contributed by atoms with E-state index in [0.29, 0.717) is 12.2 Å². The molecule has 2 unspecified atom stereocenters. The number of ether oxygens (including phenoxy) is 1. The largest absolute Gasteiger partial charge is 0.497 e. The van der Waals surface area contributed by atoms with E-state index in [9.17, 15) is 18.4 Å². The molecule has 2 rings (SSSR count). The summed E-state index contributed by atoms with van der Waals surface area (Å²) in [5.41, 5.74) is 5.74. The Bertz CT molecular complexity index is 622. The molecular formula is C17H23F2N3O3. The number of halogens is 2. The van der Waals surface area contributed by atoms with Gasteiger partial charge in [0.15, 0.2) is 0 Å². The van der Waals surface area contributed by atoms with Crippen LogP contribution < -0.4 is 15.8 Å². The maximum atomic E-state index is 13.3. The van der Waals surface area contributed by atoms with Crippen LogP contribution in [-0.4, -0.2) is 49.9 Å². The van der Waals surface area contributed by atoms with Gasteiger partial charge in [-0.25, -0.2) is 8.78 Å². The van der Waals surface area contributed by atoms with Crippen molar-refractivity contribution in [2.45, 2.75) is 24.8 Å². The van der Waals surface area contributed by atoms with Crippen LogP contribution in [0.15, 0.2) is 24.3 Å². The minimum atomic E-state index is -3.15. The molecule has 3 N–H and O–H groups in total. The molecule has 2 atom stereocenters. The monoisotopic (exact) mass is 355 g/mol. The Hall–Kier alpha value is -2.22. The summed E-state index contributed by atoms with van der Waals surface area (Å²) in [5.74, 6) is -3.70. The number of nitrogens with one attached hydrogen (secondary N) is 1. The van der Waals surface area contributed by atoms with Crippen LogP contribution in [0.25, 0.3) is 0 Å². The van der Waals surface area contributed by atoms with E-state index in [0.717, 1.165) is 5.56 Å². The van der Waals surface area contributed by atoms with Gasteiger partial charge in [-0.15, -0.1) is 0 Å². The summed E-state index contributed by atoms with van der Waals surface area (Å²) >= 11 is 0. The molecule has 1 fully saturated rings.